The Labute approximate surface area is 152 Å². The molecule has 1 atom stereocenters. The minimum absolute atomic E-state index is 0.167. The summed E-state index contributed by atoms with van der Waals surface area (Å²) in [6.45, 7) is 2.26. The minimum Gasteiger partial charge on any atom is -0.508 e. The van der Waals surface area contributed by atoms with Crippen LogP contribution in [0.1, 0.15) is 11.1 Å². The molecule has 5 heteroatoms. The zero-order valence-corrected chi connectivity index (χ0v) is 14.6. The Balaban J connectivity index is 1.41. The summed E-state index contributed by atoms with van der Waals surface area (Å²) in [5, 5.41) is 13.9. The van der Waals surface area contributed by atoms with Crippen LogP contribution >= 0.6 is 0 Å². The second-order valence-corrected chi connectivity index (χ2v) is 6.81. The van der Waals surface area contributed by atoms with Gasteiger partial charge in [0.15, 0.2) is 0 Å². The molecule has 3 aromatic rings. The smallest absolute Gasteiger partial charge is 0.240 e. The largest absolute Gasteiger partial charge is 0.508 e. The fourth-order valence-electron chi connectivity index (χ4n) is 3.62. The van der Waals surface area contributed by atoms with E-state index in [1.807, 2.05) is 35.4 Å². The van der Waals surface area contributed by atoms with E-state index in [2.05, 4.69) is 22.4 Å². The number of phenols is 1. The summed E-state index contributed by atoms with van der Waals surface area (Å²) >= 11 is 0. The average molecular weight is 349 g/mol. The Kier molecular flexibility index (Phi) is 4.63. The number of hydrogen-bond donors (Lipinski definition) is 3. The lowest BCUT2D eigenvalue weighted by molar-refractivity contribution is -0.135. The van der Waals surface area contributed by atoms with Gasteiger partial charge in [-0.1, -0.05) is 30.3 Å². The lowest BCUT2D eigenvalue weighted by Crippen LogP contribution is -2.56. The summed E-state index contributed by atoms with van der Waals surface area (Å²) in [4.78, 5) is 18.1. The van der Waals surface area contributed by atoms with Crippen LogP contribution in [0.4, 0.5) is 0 Å². The van der Waals surface area contributed by atoms with Crippen LogP contribution in [0.15, 0.2) is 54.7 Å². The number of aromatic amines is 1. The van der Waals surface area contributed by atoms with E-state index in [-0.39, 0.29) is 17.7 Å². The third kappa shape index (κ3) is 3.44. The van der Waals surface area contributed by atoms with Gasteiger partial charge in [-0.05, 0) is 42.2 Å². The number of aromatic hydroxyl groups is 1. The van der Waals surface area contributed by atoms with Gasteiger partial charge in [0.25, 0.3) is 0 Å². The molecule has 2 aromatic carbocycles. The Morgan fingerprint density at radius 2 is 1.92 bits per heavy atom. The first-order valence-electron chi connectivity index (χ1n) is 9.06. The van der Waals surface area contributed by atoms with Gasteiger partial charge in [0.1, 0.15) is 5.75 Å². The van der Waals surface area contributed by atoms with Crippen molar-refractivity contribution < 1.29 is 9.90 Å². The molecule has 1 aromatic heterocycles. The van der Waals surface area contributed by atoms with Crippen LogP contribution in [0.25, 0.3) is 10.9 Å². The predicted octanol–water partition coefficient (Wildman–Crippen LogP) is 2.46. The van der Waals surface area contributed by atoms with Crippen molar-refractivity contribution >= 4 is 16.8 Å². The maximum absolute atomic E-state index is 12.9. The van der Waals surface area contributed by atoms with E-state index in [1.165, 1.54) is 10.9 Å². The summed E-state index contributed by atoms with van der Waals surface area (Å²) in [6.07, 6.45) is 3.50. The average Bonchev–Trinajstić information content (AvgIpc) is 3.07. The van der Waals surface area contributed by atoms with Crippen molar-refractivity contribution in [2.24, 2.45) is 0 Å². The van der Waals surface area contributed by atoms with Gasteiger partial charge < -0.3 is 20.3 Å². The van der Waals surface area contributed by atoms with Gasteiger partial charge in [0.05, 0.1) is 6.04 Å². The molecule has 0 aliphatic carbocycles. The van der Waals surface area contributed by atoms with Gasteiger partial charge in [-0.25, -0.2) is 0 Å². The van der Waals surface area contributed by atoms with Gasteiger partial charge in [-0.15, -0.1) is 0 Å². The first kappa shape index (κ1) is 16.7. The fourth-order valence-corrected chi connectivity index (χ4v) is 3.62. The van der Waals surface area contributed by atoms with Crippen molar-refractivity contribution in [2.45, 2.75) is 18.9 Å². The molecule has 0 bridgehead atoms. The summed E-state index contributed by atoms with van der Waals surface area (Å²) in [5.41, 5.74) is 3.41. The maximum atomic E-state index is 12.9. The molecule has 134 valence electrons. The van der Waals surface area contributed by atoms with Gasteiger partial charge in [0.2, 0.25) is 5.91 Å². The third-order valence-electron chi connectivity index (χ3n) is 5.09. The fraction of sp³-hybridized carbons (Fsp3) is 0.286. The molecule has 1 aliphatic rings. The van der Waals surface area contributed by atoms with Crippen molar-refractivity contribution in [1.82, 2.24) is 15.2 Å². The zero-order chi connectivity index (χ0) is 17.9. The van der Waals surface area contributed by atoms with Crippen molar-refractivity contribution in [3.8, 4) is 5.75 Å². The molecule has 0 unspecified atom stereocenters. The molecule has 1 aliphatic heterocycles. The summed E-state index contributed by atoms with van der Waals surface area (Å²) in [5.74, 6) is 0.436. The second-order valence-electron chi connectivity index (χ2n) is 6.81. The first-order valence-corrected chi connectivity index (χ1v) is 9.06. The number of nitrogens with zero attached hydrogens (tertiary/aromatic N) is 1. The monoisotopic (exact) mass is 349 g/mol. The maximum Gasteiger partial charge on any atom is 0.240 e. The highest BCUT2D eigenvalue weighted by molar-refractivity contribution is 5.86. The molecule has 4 rings (SSSR count). The lowest BCUT2D eigenvalue weighted by atomic mass is 10.0. The van der Waals surface area contributed by atoms with Crippen molar-refractivity contribution in [1.29, 1.82) is 0 Å². The number of rotatable bonds is 5. The van der Waals surface area contributed by atoms with E-state index in [0.717, 1.165) is 30.6 Å². The molecule has 3 N–H and O–H groups in total. The number of carbonyl (C=O) groups excluding carboxylic acids is 1. The molecule has 0 radical (unpaired) electrons. The number of aromatic nitrogens is 1. The number of nitrogens with one attached hydrogen (secondary N) is 2. The van der Waals surface area contributed by atoms with Crippen LogP contribution in [0.2, 0.25) is 0 Å². The number of amides is 1. The molecule has 0 saturated carbocycles. The number of benzene rings is 2. The predicted molar refractivity (Wildman–Crippen MR) is 102 cm³/mol. The molecule has 2 heterocycles. The van der Waals surface area contributed by atoms with E-state index in [9.17, 15) is 9.90 Å². The summed E-state index contributed by atoms with van der Waals surface area (Å²) in [7, 11) is 0. The van der Waals surface area contributed by atoms with Gasteiger partial charge >= 0.3 is 0 Å². The van der Waals surface area contributed by atoms with Gasteiger partial charge in [-0.2, -0.15) is 0 Å². The normalized spacial score (nSPS) is 17.8. The van der Waals surface area contributed by atoms with Crippen LogP contribution in [0, 0.1) is 0 Å². The second kappa shape index (κ2) is 7.22. The number of H-pyrrole nitrogens is 1. The summed E-state index contributed by atoms with van der Waals surface area (Å²) in [6, 6.07) is 15.2. The number of phenolic OH excluding ortho intramolecular Hbond substituents is 1. The quantitative estimate of drug-likeness (QED) is 0.663. The lowest BCUT2D eigenvalue weighted by Gasteiger charge is -2.33. The van der Waals surface area contributed by atoms with Crippen LogP contribution in [-0.4, -0.2) is 46.6 Å². The van der Waals surface area contributed by atoms with E-state index in [4.69, 9.17) is 0 Å². The Morgan fingerprint density at radius 1 is 1.12 bits per heavy atom. The van der Waals surface area contributed by atoms with E-state index in [0.29, 0.717) is 13.0 Å². The van der Waals surface area contributed by atoms with Gasteiger partial charge in [0, 0.05) is 36.7 Å². The third-order valence-corrected chi connectivity index (χ3v) is 5.09. The van der Waals surface area contributed by atoms with Crippen molar-refractivity contribution in [2.75, 3.05) is 19.6 Å². The minimum atomic E-state index is -0.178. The van der Waals surface area contributed by atoms with Crippen molar-refractivity contribution in [3.63, 3.8) is 0 Å². The molecule has 1 amide bonds. The van der Waals surface area contributed by atoms with E-state index >= 15 is 0 Å². The molecule has 5 nitrogen and oxygen atoms in total. The number of piperazine rings is 1. The van der Waals surface area contributed by atoms with Crippen molar-refractivity contribution in [3.05, 3.63) is 65.9 Å². The van der Waals surface area contributed by atoms with E-state index in [1.54, 1.807) is 12.1 Å². The van der Waals surface area contributed by atoms with E-state index < -0.39 is 0 Å². The molecule has 26 heavy (non-hydrogen) atoms. The molecular formula is C21H23N3O2. The SMILES string of the molecule is O=C1[C@@H](Cc2c[nH]c3ccccc23)NCCN1CCc1ccc(O)cc1. The van der Waals surface area contributed by atoms with Crippen LogP contribution in [0.3, 0.4) is 0 Å². The number of fused-ring (bicyclic) bond motifs is 1. The number of carbonyl (C=O) groups is 1. The van der Waals surface area contributed by atoms with Crippen LogP contribution < -0.4 is 5.32 Å². The Hall–Kier alpha value is -2.79. The summed E-state index contributed by atoms with van der Waals surface area (Å²) < 4.78 is 0. The van der Waals surface area contributed by atoms with Crippen LogP contribution in [0.5, 0.6) is 5.75 Å². The molecular weight excluding hydrogens is 326 g/mol. The Morgan fingerprint density at radius 3 is 2.77 bits per heavy atom. The molecule has 1 saturated heterocycles. The van der Waals surface area contributed by atoms with Gasteiger partial charge in [-0.3, -0.25) is 4.79 Å². The first-order chi connectivity index (χ1) is 12.7. The highest BCUT2D eigenvalue weighted by Gasteiger charge is 2.28. The highest BCUT2D eigenvalue weighted by atomic mass is 16.3. The standard InChI is InChI=1S/C21H23N3O2/c25-17-7-5-15(6-8-17)9-11-24-12-10-22-20(21(24)26)13-16-14-23-19-4-2-1-3-18(16)19/h1-8,14,20,22-23,25H,9-13H2/t20-/m1/s1. The number of para-hydroxylation sites is 1. The molecule has 0 spiro atoms. The number of hydrogen-bond acceptors (Lipinski definition) is 3. The molecule has 1 fully saturated rings. The highest BCUT2D eigenvalue weighted by Crippen LogP contribution is 2.20. The topological polar surface area (TPSA) is 68.4 Å². The zero-order valence-electron chi connectivity index (χ0n) is 14.6. The van der Waals surface area contributed by atoms with Crippen LogP contribution in [-0.2, 0) is 17.6 Å². The Bertz CT molecular complexity index is 901.